The molecule has 0 bridgehead atoms. The highest BCUT2D eigenvalue weighted by atomic mass is 32.1. The van der Waals surface area contributed by atoms with Crippen LogP contribution in [0.5, 0.6) is 0 Å². The summed E-state index contributed by atoms with van der Waals surface area (Å²) in [5, 5.41) is 3.46. The smallest absolute Gasteiger partial charge is 0.261 e. The molecule has 2 rings (SSSR count). The zero-order chi connectivity index (χ0) is 14.7. The molecule has 2 aromatic rings. The maximum Gasteiger partial charge on any atom is 0.261 e. The van der Waals surface area contributed by atoms with Crippen LogP contribution in [0, 0.1) is 12.7 Å². The van der Waals surface area contributed by atoms with Gasteiger partial charge in [0, 0.05) is 16.6 Å². The van der Waals surface area contributed by atoms with Crippen molar-refractivity contribution in [1.29, 1.82) is 0 Å². The van der Waals surface area contributed by atoms with E-state index >= 15 is 0 Å². The first-order valence-electron chi connectivity index (χ1n) is 6.61. The maximum absolute atomic E-state index is 13.8. The van der Waals surface area contributed by atoms with Crippen LogP contribution in [0.15, 0.2) is 18.2 Å². The summed E-state index contributed by atoms with van der Waals surface area (Å²) < 4.78 is 14.6. The fourth-order valence-corrected chi connectivity index (χ4v) is 3.29. The number of hydrogen-bond acceptors (Lipinski definition) is 3. The molecule has 5 heteroatoms. The third kappa shape index (κ3) is 3.16. The molecular formula is C15H19FN2OS. The standard InChI is InChI=1S/C15H19FN2OS/c1-10-13-11(16)6-4-7-12(13)20-14(10)15(19)17-8-5-9-18(2)3/h4,6-7H,5,8-9H2,1-3H3,(H,17,19). The van der Waals surface area contributed by atoms with E-state index in [1.165, 1.54) is 17.4 Å². The second kappa shape index (κ2) is 6.33. The number of nitrogens with zero attached hydrogens (tertiary/aromatic N) is 1. The highest BCUT2D eigenvalue weighted by molar-refractivity contribution is 7.21. The summed E-state index contributed by atoms with van der Waals surface area (Å²) in [5.41, 5.74) is 0.730. The van der Waals surface area contributed by atoms with E-state index in [1.807, 2.05) is 20.2 Å². The number of rotatable bonds is 5. The van der Waals surface area contributed by atoms with Crippen LogP contribution in [0.4, 0.5) is 4.39 Å². The molecule has 0 saturated heterocycles. The maximum atomic E-state index is 13.8. The molecule has 1 amide bonds. The van der Waals surface area contributed by atoms with Crippen molar-refractivity contribution in [2.75, 3.05) is 27.2 Å². The number of hydrogen-bond donors (Lipinski definition) is 1. The molecule has 1 aromatic heterocycles. The van der Waals surface area contributed by atoms with Crippen LogP contribution in [0.25, 0.3) is 10.1 Å². The fraction of sp³-hybridized carbons (Fsp3) is 0.400. The van der Waals surface area contributed by atoms with Crippen molar-refractivity contribution >= 4 is 27.3 Å². The van der Waals surface area contributed by atoms with Crippen molar-refractivity contribution in [3.05, 3.63) is 34.5 Å². The summed E-state index contributed by atoms with van der Waals surface area (Å²) in [7, 11) is 4.00. The minimum Gasteiger partial charge on any atom is -0.351 e. The van der Waals surface area contributed by atoms with Gasteiger partial charge in [0.25, 0.3) is 5.91 Å². The average molecular weight is 294 g/mol. The lowest BCUT2D eigenvalue weighted by Gasteiger charge is -2.09. The Hall–Kier alpha value is -1.46. The Morgan fingerprint density at radius 1 is 1.40 bits per heavy atom. The Morgan fingerprint density at radius 2 is 2.15 bits per heavy atom. The molecule has 0 aliphatic heterocycles. The van der Waals surface area contributed by atoms with Crippen molar-refractivity contribution in [1.82, 2.24) is 10.2 Å². The Balaban J connectivity index is 2.11. The van der Waals surface area contributed by atoms with Crippen molar-refractivity contribution in [3.63, 3.8) is 0 Å². The number of carbonyl (C=O) groups is 1. The van der Waals surface area contributed by atoms with Gasteiger partial charge in [-0.1, -0.05) is 6.07 Å². The van der Waals surface area contributed by atoms with Gasteiger partial charge in [0.2, 0.25) is 0 Å². The third-order valence-electron chi connectivity index (χ3n) is 3.18. The third-order valence-corrected chi connectivity index (χ3v) is 4.43. The van der Waals surface area contributed by atoms with E-state index in [2.05, 4.69) is 10.2 Å². The molecule has 0 atom stereocenters. The van der Waals surface area contributed by atoms with E-state index in [0.29, 0.717) is 16.8 Å². The second-order valence-corrected chi connectivity index (χ2v) is 6.13. The number of halogens is 1. The summed E-state index contributed by atoms with van der Waals surface area (Å²) in [5.74, 6) is -0.371. The lowest BCUT2D eigenvalue weighted by atomic mass is 10.1. The highest BCUT2D eigenvalue weighted by Crippen LogP contribution is 2.32. The number of benzene rings is 1. The van der Waals surface area contributed by atoms with Gasteiger partial charge >= 0.3 is 0 Å². The van der Waals surface area contributed by atoms with Crippen LogP contribution in [0.3, 0.4) is 0 Å². The van der Waals surface area contributed by atoms with E-state index in [4.69, 9.17) is 0 Å². The van der Waals surface area contributed by atoms with Crippen LogP contribution in [-0.4, -0.2) is 38.0 Å². The molecule has 20 heavy (non-hydrogen) atoms. The van der Waals surface area contributed by atoms with E-state index in [1.54, 1.807) is 13.0 Å². The number of aryl methyl sites for hydroxylation is 1. The van der Waals surface area contributed by atoms with E-state index in [0.717, 1.165) is 23.2 Å². The Morgan fingerprint density at radius 3 is 2.80 bits per heavy atom. The molecule has 0 saturated carbocycles. The quantitative estimate of drug-likeness (QED) is 0.860. The summed E-state index contributed by atoms with van der Waals surface area (Å²) in [6, 6.07) is 4.95. The lowest BCUT2D eigenvalue weighted by molar-refractivity contribution is 0.0956. The van der Waals surface area contributed by atoms with Gasteiger partial charge in [-0.2, -0.15) is 0 Å². The van der Waals surface area contributed by atoms with Crippen LogP contribution in [0.1, 0.15) is 21.7 Å². The van der Waals surface area contributed by atoms with Crippen molar-refractivity contribution in [2.24, 2.45) is 0 Å². The first kappa shape index (κ1) is 14.9. The van der Waals surface area contributed by atoms with Crippen molar-refractivity contribution in [3.8, 4) is 0 Å². The molecule has 1 N–H and O–H groups in total. The minimum atomic E-state index is -0.261. The number of amides is 1. The molecule has 1 heterocycles. The van der Waals surface area contributed by atoms with Gasteiger partial charge in [0.05, 0.1) is 4.88 Å². The molecule has 3 nitrogen and oxygen atoms in total. The Labute approximate surface area is 122 Å². The zero-order valence-electron chi connectivity index (χ0n) is 12.0. The van der Waals surface area contributed by atoms with E-state index < -0.39 is 0 Å². The van der Waals surface area contributed by atoms with Gasteiger partial charge in [-0.15, -0.1) is 11.3 Å². The molecule has 108 valence electrons. The topological polar surface area (TPSA) is 32.3 Å². The van der Waals surface area contributed by atoms with Gasteiger partial charge in [-0.3, -0.25) is 4.79 Å². The SMILES string of the molecule is Cc1c(C(=O)NCCCN(C)C)sc2cccc(F)c12. The summed E-state index contributed by atoms with van der Waals surface area (Å²) in [6.45, 7) is 3.37. The lowest BCUT2D eigenvalue weighted by Crippen LogP contribution is -2.26. The van der Waals surface area contributed by atoms with E-state index in [9.17, 15) is 9.18 Å². The van der Waals surface area contributed by atoms with Gasteiger partial charge in [-0.05, 0) is 51.7 Å². The predicted molar refractivity (Wildman–Crippen MR) is 82.0 cm³/mol. The molecule has 0 aliphatic rings. The average Bonchev–Trinajstić information content (AvgIpc) is 2.73. The largest absolute Gasteiger partial charge is 0.351 e. The Bertz CT molecular complexity index is 622. The molecular weight excluding hydrogens is 275 g/mol. The van der Waals surface area contributed by atoms with Crippen LogP contribution in [-0.2, 0) is 0 Å². The van der Waals surface area contributed by atoms with Crippen molar-refractivity contribution in [2.45, 2.75) is 13.3 Å². The van der Waals surface area contributed by atoms with Crippen molar-refractivity contribution < 1.29 is 9.18 Å². The summed E-state index contributed by atoms with van der Waals surface area (Å²) >= 11 is 1.35. The van der Waals surface area contributed by atoms with Crippen LogP contribution >= 0.6 is 11.3 Å². The van der Waals surface area contributed by atoms with Crippen LogP contribution in [0.2, 0.25) is 0 Å². The summed E-state index contributed by atoms with van der Waals surface area (Å²) in [4.78, 5) is 14.8. The van der Waals surface area contributed by atoms with Gasteiger partial charge in [-0.25, -0.2) is 4.39 Å². The second-order valence-electron chi connectivity index (χ2n) is 5.08. The van der Waals surface area contributed by atoms with Gasteiger partial charge < -0.3 is 10.2 Å². The number of fused-ring (bicyclic) bond motifs is 1. The van der Waals surface area contributed by atoms with Crippen LogP contribution < -0.4 is 5.32 Å². The minimum absolute atomic E-state index is 0.109. The Kier molecular flexibility index (Phi) is 4.73. The zero-order valence-corrected chi connectivity index (χ0v) is 12.8. The first-order chi connectivity index (χ1) is 9.50. The molecule has 0 unspecified atom stereocenters. The van der Waals surface area contributed by atoms with E-state index in [-0.39, 0.29) is 11.7 Å². The highest BCUT2D eigenvalue weighted by Gasteiger charge is 2.17. The number of nitrogens with one attached hydrogen (secondary N) is 1. The molecule has 0 fully saturated rings. The molecule has 0 spiro atoms. The predicted octanol–water partition coefficient (Wildman–Crippen LogP) is 3.03. The monoisotopic (exact) mass is 294 g/mol. The molecule has 1 aromatic carbocycles. The van der Waals surface area contributed by atoms with Gasteiger partial charge in [0.15, 0.2) is 0 Å². The fourth-order valence-electron chi connectivity index (χ4n) is 2.15. The molecule has 0 radical (unpaired) electrons. The molecule has 0 aliphatic carbocycles. The summed E-state index contributed by atoms with van der Waals surface area (Å²) in [6.07, 6.45) is 0.900. The number of carbonyl (C=O) groups excluding carboxylic acids is 1. The normalized spacial score (nSPS) is 11.2. The number of thiophene rings is 1. The first-order valence-corrected chi connectivity index (χ1v) is 7.43. The van der Waals surface area contributed by atoms with Gasteiger partial charge in [0.1, 0.15) is 5.82 Å².